The van der Waals surface area contributed by atoms with Crippen LogP contribution in [0.5, 0.6) is 5.75 Å². The molecule has 9 heteroatoms. The number of esters is 1. The van der Waals surface area contributed by atoms with E-state index in [1.54, 1.807) is 66.7 Å². The minimum Gasteiger partial charge on any atom is -0.422 e. The topological polar surface area (TPSA) is 63.7 Å². The van der Waals surface area contributed by atoms with Crippen molar-refractivity contribution in [1.29, 1.82) is 0 Å². The Labute approximate surface area is 212 Å². The van der Waals surface area contributed by atoms with Gasteiger partial charge in [0.05, 0.1) is 22.0 Å². The van der Waals surface area contributed by atoms with Gasteiger partial charge < -0.3 is 4.74 Å². The van der Waals surface area contributed by atoms with Crippen LogP contribution >= 0.6 is 50.9 Å². The molecule has 0 aliphatic carbocycles. The van der Waals surface area contributed by atoms with Gasteiger partial charge in [0, 0.05) is 15.1 Å². The number of imide groups is 1. The van der Waals surface area contributed by atoms with Crippen LogP contribution in [-0.4, -0.2) is 22.0 Å². The van der Waals surface area contributed by atoms with Gasteiger partial charge in [-0.3, -0.25) is 14.5 Å². The summed E-state index contributed by atoms with van der Waals surface area (Å²) in [6.45, 7) is 0.0640. The lowest BCUT2D eigenvalue weighted by Gasteiger charge is -2.13. The van der Waals surface area contributed by atoms with Gasteiger partial charge in [0.25, 0.3) is 11.1 Å². The number of thioether (sulfide) groups is 1. The maximum Gasteiger partial charge on any atom is 0.345 e. The van der Waals surface area contributed by atoms with Gasteiger partial charge in [-0.25, -0.2) is 4.79 Å². The summed E-state index contributed by atoms with van der Waals surface area (Å²) in [5.41, 5.74) is 1.33. The Morgan fingerprint density at radius 3 is 2.42 bits per heavy atom. The molecule has 0 aromatic heterocycles. The summed E-state index contributed by atoms with van der Waals surface area (Å²) in [4.78, 5) is 39.4. The quantitative estimate of drug-likeness (QED) is 0.187. The zero-order chi connectivity index (χ0) is 23.5. The molecule has 0 spiro atoms. The van der Waals surface area contributed by atoms with Gasteiger partial charge in [-0.1, -0.05) is 69.5 Å². The molecule has 166 valence electrons. The molecule has 1 fully saturated rings. The Kier molecular flexibility index (Phi) is 7.24. The van der Waals surface area contributed by atoms with Crippen molar-refractivity contribution in [3.63, 3.8) is 0 Å². The summed E-state index contributed by atoms with van der Waals surface area (Å²) < 4.78 is 6.26. The van der Waals surface area contributed by atoms with E-state index in [2.05, 4.69) is 15.9 Å². The lowest BCUT2D eigenvalue weighted by Crippen LogP contribution is -2.27. The van der Waals surface area contributed by atoms with E-state index in [9.17, 15) is 14.4 Å². The molecule has 0 atom stereocenters. The summed E-state index contributed by atoms with van der Waals surface area (Å²) in [7, 11) is 0. The predicted molar refractivity (Wildman–Crippen MR) is 134 cm³/mol. The Bertz CT molecular complexity index is 1310. The van der Waals surface area contributed by atoms with Crippen molar-refractivity contribution in [2.24, 2.45) is 0 Å². The monoisotopic (exact) mass is 561 g/mol. The van der Waals surface area contributed by atoms with Gasteiger partial charge in [0.15, 0.2) is 0 Å². The maximum absolute atomic E-state index is 13.0. The maximum atomic E-state index is 13.0. The number of rotatable bonds is 5. The van der Waals surface area contributed by atoms with Crippen molar-refractivity contribution in [2.45, 2.75) is 6.54 Å². The van der Waals surface area contributed by atoms with Crippen LogP contribution in [0.1, 0.15) is 21.5 Å². The highest BCUT2D eigenvalue weighted by atomic mass is 79.9. The molecular weight excluding hydrogens is 549 g/mol. The van der Waals surface area contributed by atoms with Crippen LogP contribution in [0.4, 0.5) is 4.79 Å². The number of benzene rings is 3. The molecule has 3 aromatic carbocycles. The fraction of sp³-hybridized carbons (Fsp3) is 0.0417. The first-order valence-corrected chi connectivity index (χ1v) is 11.9. The number of halogens is 3. The van der Waals surface area contributed by atoms with Gasteiger partial charge in [0.2, 0.25) is 0 Å². The average molecular weight is 563 g/mol. The number of carbonyl (C=O) groups is 3. The molecule has 0 radical (unpaired) electrons. The van der Waals surface area contributed by atoms with Crippen molar-refractivity contribution in [3.05, 3.63) is 103 Å². The molecule has 0 saturated carbocycles. The van der Waals surface area contributed by atoms with Crippen LogP contribution in [0.25, 0.3) is 6.08 Å². The molecule has 1 aliphatic rings. The number of amides is 2. The minimum absolute atomic E-state index is 0.0640. The molecule has 1 aliphatic heterocycles. The second kappa shape index (κ2) is 10.1. The number of hydrogen-bond acceptors (Lipinski definition) is 5. The fourth-order valence-corrected chi connectivity index (χ4v) is 4.70. The Balaban J connectivity index is 1.61. The van der Waals surface area contributed by atoms with Crippen LogP contribution in [0.3, 0.4) is 0 Å². The van der Waals surface area contributed by atoms with E-state index in [-0.39, 0.29) is 27.8 Å². The normalized spacial score (nSPS) is 14.8. The lowest BCUT2D eigenvalue weighted by atomic mass is 10.1. The van der Waals surface area contributed by atoms with E-state index in [1.165, 1.54) is 6.08 Å². The predicted octanol–water partition coefficient (Wildman–Crippen LogP) is 7.21. The van der Waals surface area contributed by atoms with Crippen molar-refractivity contribution in [3.8, 4) is 5.75 Å². The second-order valence-corrected chi connectivity index (χ2v) is 9.63. The minimum atomic E-state index is -0.635. The number of ether oxygens (including phenoxy) is 1. The molecule has 33 heavy (non-hydrogen) atoms. The van der Waals surface area contributed by atoms with Crippen LogP contribution in [-0.2, 0) is 11.3 Å². The average Bonchev–Trinajstić information content (AvgIpc) is 3.04. The molecule has 2 amide bonds. The third-order valence-electron chi connectivity index (χ3n) is 4.71. The molecule has 0 unspecified atom stereocenters. The van der Waals surface area contributed by atoms with Gasteiger partial charge in [0.1, 0.15) is 5.75 Å². The van der Waals surface area contributed by atoms with Gasteiger partial charge in [-0.05, 0) is 59.8 Å². The summed E-state index contributed by atoms with van der Waals surface area (Å²) in [5.74, 6) is -0.862. The third kappa shape index (κ3) is 5.33. The van der Waals surface area contributed by atoms with E-state index >= 15 is 0 Å². The smallest absolute Gasteiger partial charge is 0.345 e. The molecule has 0 N–H and O–H groups in total. The largest absolute Gasteiger partial charge is 0.422 e. The van der Waals surface area contributed by atoms with E-state index in [0.717, 1.165) is 16.7 Å². The molecule has 0 bridgehead atoms. The fourth-order valence-electron chi connectivity index (χ4n) is 3.08. The van der Waals surface area contributed by atoms with Gasteiger partial charge in [-0.2, -0.15) is 0 Å². The molecule has 1 heterocycles. The zero-order valence-electron chi connectivity index (χ0n) is 16.8. The Morgan fingerprint density at radius 1 is 1.00 bits per heavy atom. The summed E-state index contributed by atoms with van der Waals surface area (Å²) in [6, 6.07) is 18.6. The second-order valence-electron chi connectivity index (χ2n) is 6.91. The summed E-state index contributed by atoms with van der Waals surface area (Å²) >= 11 is 16.5. The first-order chi connectivity index (χ1) is 15.8. The number of hydrogen-bond donors (Lipinski definition) is 0. The first-order valence-electron chi connectivity index (χ1n) is 9.58. The highest BCUT2D eigenvalue weighted by molar-refractivity contribution is 9.10. The van der Waals surface area contributed by atoms with E-state index < -0.39 is 17.1 Å². The molecule has 4 rings (SSSR count). The summed E-state index contributed by atoms with van der Waals surface area (Å²) in [5, 5.41) is 0.332. The van der Waals surface area contributed by atoms with Crippen molar-refractivity contribution in [1.82, 2.24) is 4.90 Å². The van der Waals surface area contributed by atoms with Crippen molar-refractivity contribution >= 4 is 74.1 Å². The molecule has 5 nitrogen and oxygen atoms in total. The molecule has 3 aromatic rings. The van der Waals surface area contributed by atoms with Crippen molar-refractivity contribution in [2.75, 3.05) is 0 Å². The number of nitrogens with zero attached hydrogens (tertiary/aromatic N) is 1. The highest BCUT2D eigenvalue weighted by Crippen LogP contribution is 2.36. The van der Waals surface area contributed by atoms with E-state index in [1.807, 2.05) is 0 Å². The van der Waals surface area contributed by atoms with Crippen LogP contribution in [0.2, 0.25) is 10.0 Å². The van der Waals surface area contributed by atoms with Gasteiger partial charge >= 0.3 is 5.97 Å². The van der Waals surface area contributed by atoms with E-state index in [0.29, 0.717) is 20.6 Å². The highest BCUT2D eigenvalue weighted by Gasteiger charge is 2.35. The third-order valence-corrected chi connectivity index (χ3v) is 6.81. The van der Waals surface area contributed by atoms with Crippen LogP contribution in [0.15, 0.2) is 76.1 Å². The SMILES string of the molecule is O=C(Oc1ccc(Br)cc1/C=C1\SC(=O)N(Cc2ccccc2Cl)C1=O)c1ccccc1Cl. The summed E-state index contributed by atoms with van der Waals surface area (Å²) in [6.07, 6.45) is 1.53. The van der Waals surface area contributed by atoms with Crippen LogP contribution < -0.4 is 4.74 Å². The van der Waals surface area contributed by atoms with Crippen molar-refractivity contribution < 1.29 is 19.1 Å². The van der Waals surface area contributed by atoms with Gasteiger partial charge in [-0.15, -0.1) is 0 Å². The first kappa shape index (κ1) is 23.6. The standard InChI is InChI=1S/C24H14BrCl2NO4S/c25-16-9-10-20(32-23(30)17-6-2-4-8-19(17)27)15(11-16)12-21-22(29)28(24(31)33-21)13-14-5-1-3-7-18(14)26/h1-12H,13H2/b21-12-. The van der Waals surface area contributed by atoms with E-state index in [4.69, 9.17) is 27.9 Å². The van der Waals surface area contributed by atoms with Crippen LogP contribution in [0, 0.1) is 0 Å². The number of carbonyl (C=O) groups excluding carboxylic acids is 3. The zero-order valence-corrected chi connectivity index (χ0v) is 20.7. The molecular formula is C24H14BrCl2NO4S. The lowest BCUT2D eigenvalue weighted by molar-refractivity contribution is -0.123. The molecule has 1 saturated heterocycles. The Morgan fingerprint density at radius 2 is 1.70 bits per heavy atom. The Hall–Kier alpha value is -2.58.